The van der Waals surface area contributed by atoms with E-state index < -0.39 is 0 Å². The number of carbonyl (C=O) groups excluding carboxylic acids is 1. The molecule has 4 heteroatoms. The van der Waals surface area contributed by atoms with Crippen LogP contribution in [0.4, 0.5) is 0 Å². The normalized spacial score (nSPS) is 33.9. The molecule has 1 aliphatic carbocycles. The number of hydrogen-bond acceptors (Lipinski definition) is 3. The highest BCUT2D eigenvalue weighted by Crippen LogP contribution is 2.32. The standard InChI is InChI=1S/C13H18N2OS/c16-13-12-4-2-1-3-10(12)9-14-15(13)11-5-7-17-8-6-11/h1-2,9-12H,3-8H2. The number of nitrogens with zero attached hydrogens (tertiary/aromatic N) is 2. The molecule has 0 bridgehead atoms. The highest BCUT2D eigenvalue weighted by atomic mass is 32.2. The first-order chi connectivity index (χ1) is 8.36. The summed E-state index contributed by atoms with van der Waals surface area (Å²) in [7, 11) is 0. The smallest absolute Gasteiger partial charge is 0.246 e. The number of allylic oxidation sites excluding steroid dienone is 2. The zero-order chi connectivity index (χ0) is 11.7. The molecular weight excluding hydrogens is 232 g/mol. The summed E-state index contributed by atoms with van der Waals surface area (Å²) in [6.07, 6.45) is 10.4. The molecule has 0 spiro atoms. The van der Waals surface area contributed by atoms with Gasteiger partial charge in [0.1, 0.15) is 0 Å². The molecule has 2 unspecified atom stereocenters. The van der Waals surface area contributed by atoms with E-state index in [0.717, 1.165) is 37.2 Å². The summed E-state index contributed by atoms with van der Waals surface area (Å²) in [6, 6.07) is 0.354. The molecule has 0 aromatic heterocycles. The Morgan fingerprint density at radius 1 is 1.24 bits per heavy atom. The maximum atomic E-state index is 12.4. The van der Waals surface area contributed by atoms with Crippen LogP contribution in [0, 0.1) is 11.8 Å². The largest absolute Gasteiger partial charge is 0.273 e. The number of carbonyl (C=O) groups is 1. The predicted octanol–water partition coefficient (Wildman–Crippen LogP) is 2.29. The third-order valence-corrected chi connectivity index (χ3v) is 4.99. The third-order valence-electron chi connectivity index (χ3n) is 3.94. The Balaban J connectivity index is 1.76. The van der Waals surface area contributed by atoms with Gasteiger partial charge in [0.25, 0.3) is 0 Å². The van der Waals surface area contributed by atoms with Crippen LogP contribution in [0.25, 0.3) is 0 Å². The van der Waals surface area contributed by atoms with E-state index in [1.165, 1.54) is 0 Å². The number of hydrazone groups is 1. The highest BCUT2D eigenvalue weighted by Gasteiger charge is 2.37. The molecule has 0 aromatic carbocycles. The maximum absolute atomic E-state index is 12.4. The van der Waals surface area contributed by atoms with E-state index in [-0.39, 0.29) is 11.8 Å². The quantitative estimate of drug-likeness (QED) is 0.669. The molecule has 1 amide bonds. The maximum Gasteiger partial charge on any atom is 0.246 e. The highest BCUT2D eigenvalue weighted by molar-refractivity contribution is 7.99. The lowest BCUT2D eigenvalue weighted by atomic mass is 9.82. The van der Waals surface area contributed by atoms with Gasteiger partial charge < -0.3 is 0 Å². The van der Waals surface area contributed by atoms with Crippen molar-refractivity contribution in [2.24, 2.45) is 16.9 Å². The minimum atomic E-state index is 0.159. The zero-order valence-corrected chi connectivity index (χ0v) is 10.7. The van der Waals surface area contributed by atoms with Crippen molar-refractivity contribution < 1.29 is 4.79 Å². The summed E-state index contributed by atoms with van der Waals surface area (Å²) < 4.78 is 0. The molecule has 3 rings (SSSR count). The fourth-order valence-electron chi connectivity index (χ4n) is 2.87. The van der Waals surface area contributed by atoms with Crippen molar-refractivity contribution in [1.82, 2.24) is 5.01 Å². The Morgan fingerprint density at radius 2 is 2.00 bits per heavy atom. The molecule has 1 fully saturated rings. The Kier molecular flexibility index (Phi) is 3.23. The predicted molar refractivity (Wildman–Crippen MR) is 71.0 cm³/mol. The van der Waals surface area contributed by atoms with Gasteiger partial charge in [-0.25, -0.2) is 5.01 Å². The summed E-state index contributed by atoms with van der Waals surface area (Å²) >= 11 is 1.99. The Labute approximate surface area is 106 Å². The van der Waals surface area contributed by atoms with Gasteiger partial charge in [-0.3, -0.25) is 4.79 Å². The van der Waals surface area contributed by atoms with Crippen LogP contribution in [-0.2, 0) is 4.79 Å². The second-order valence-corrected chi connectivity index (χ2v) is 6.23. The molecule has 3 nitrogen and oxygen atoms in total. The van der Waals surface area contributed by atoms with Gasteiger partial charge in [0.2, 0.25) is 5.91 Å². The van der Waals surface area contributed by atoms with Crippen molar-refractivity contribution in [3.8, 4) is 0 Å². The van der Waals surface area contributed by atoms with Gasteiger partial charge in [0.05, 0.1) is 12.0 Å². The molecule has 0 N–H and O–H groups in total. The molecule has 0 radical (unpaired) electrons. The first-order valence-electron chi connectivity index (χ1n) is 6.46. The first kappa shape index (κ1) is 11.3. The van der Waals surface area contributed by atoms with E-state index in [1.807, 2.05) is 18.0 Å². The summed E-state index contributed by atoms with van der Waals surface area (Å²) in [4.78, 5) is 12.4. The van der Waals surface area contributed by atoms with Crippen molar-refractivity contribution in [2.75, 3.05) is 11.5 Å². The topological polar surface area (TPSA) is 32.7 Å². The van der Waals surface area contributed by atoms with Crippen molar-refractivity contribution in [1.29, 1.82) is 0 Å². The minimum absolute atomic E-state index is 0.159. The van der Waals surface area contributed by atoms with E-state index in [0.29, 0.717) is 12.0 Å². The van der Waals surface area contributed by atoms with Crippen LogP contribution in [0.1, 0.15) is 25.7 Å². The molecule has 2 atom stereocenters. The Hall–Kier alpha value is -0.770. The van der Waals surface area contributed by atoms with Crippen molar-refractivity contribution in [2.45, 2.75) is 31.7 Å². The molecule has 1 saturated heterocycles. The van der Waals surface area contributed by atoms with Gasteiger partial charge in [-0.2, -0.15) is 16.9 Å². The molecule has 2 aliphatic heterocycles. The van der Waals surface area contributed by atoms with Crippen LogP contribution in [0.3, 0.4) is 0 Å². The molecule has 0 aromatic rings. The second-order valence-electron chi connectivity index (χ2n) is 5.00. The monoisotopic (exact) mass is 250 g/mol. The van der Waals surface area contributed by atoms with Gasteiger partial charge in [0, 0.05) is 12.1 Å². The molecule has 3 aliphatic rings. The van der Waals surface area contributed by atoms with E-state index in [1.54, 1.807) is 5.01 Å². The van der Waals surface area contributed by atoms with E-state index in [4.69, 9.17) is 0 Å². The lowest BCUT2D eigenvalue weighted by molar-refractivity contribution is -0.140. The number of hydrogen-bond donors (Lipinski definition) is 0. The van der Waals surface area contributed by atoms with E-state index in [2.05, 4.69) is 17.3 Å². The fourth-order valence-corrected chi connectivity index (χ4v) is 3.95. The molecule has 2 heterocycles. The van der Waals surface area contributed by atoms with E-state index >= 15 is 0 Å². The van der Waals surface area contributed by atoms with Crippen LogP contribution >= 0.6 is 11.8 Å². The van der Waals surface area contributed by atoms with Crippen molar-refractivity contribution in [3.63, 3.8) is 0 Å². The first-order valence-corrected chi connectivity index (χ1v) is 7.61. The Morgan fingerprint density at radius 3 is 2.82 bits per heavy atom. The number of fused-ring (bicyclic) bond motifs is 1. The average Bonchev–Trinajstić information content (AvgIpc) is 2.40. The minimum Gasteiger partial charge on any atom is -0.273 e. The zero-order valence-electron chi connectivity index (χ0n) is 9.92. The van der Waals surface area contributed by atoms with Crippen LogP contribution in [0.15, 0.2) is 17.3 Å². The van der Waals surface area contributed by atoms with Gasteiger partial charge in [-0.05, 0) is 37.2 Å². The van der Waals surface area contributed by atoms with Gasteiger partial charge in [0.15, 0.2) is 0 Å². The summed E-state index contributed by atoms with van der Waals surface area (Å²) in [6.45, 7) is 0. The third kappa shape index (κ3) is 2.15. The van der Waals surface area contributed by atoms with Gasteiger partial charge in [-0.1, -0.05) is 12.2 Å². The lowest BCUT2D eigenvalue weighted by Gasteiger charge is -2.38. The molecule has 0 saturated carbocycles. The number of amides is 1. The van der Waals surface area contributed by atoms with Crippen LogP contribution in [0.5, 0.6) is 0 Å². The van der Waals surface area contributed by atoms with Crippen molar-refractivity contribution >= 4 is 23.9 Å². The number of thioether (sulfide) groups is 1. The summed E-state index contributed by atoms with van der Waals surface area (Å²) in [5, 5.41) is 6.23. The van der Waals surface area contributed by atoms with Crippen LogP contribution < -0.4 is 0 Å². The molecule has 92 valence electrons. The van der Waals surface area contributed by atoms with E-state index in [9.17, 15) is 4.79 Å². The molecular formula is C13H18N2OS. The summed E-state index contributed by atoms with van der Waals surface area (Å²) in [5.74, 6) is 3.10. The average molecular weight is 250 g/mol. The SMILES string of the molecule is O=C1C2CC=CCC2C=NN1C1CCSCC1. The van der Waals surface area contributed by atoms with Gasteiger partial charge in [-0.15, -0.1) is 0 Å². The van der Waals surface area contributed by atoms with Crippen LogP contribution in [-0.4, -0.2) is 34.7 Å². The Bertz CT molecular complexity index is 360. The molecule has 17 heavy (non-hydrogen) atoms. The summed E-state index contributed by atoms with van der Waals surface area (Å²) in [5.41, 5.74) is 0. The fraction of sp³-hybridized carbons (Fsp3) is 0.692. The van der Waals surface area contributed by atoms with Gasteiger partial charge >= 0.3 is 0 Å². The van der Waals surface area contributed by atoms with Crippen LogP contribution in [0.2, 0.25) is 0 Å². The van der Waals surface area contributed by atoms with Crippen molar-refractivity contribution in [3.05, 3.63) is 12.2 Å². The lowest BCUT2D eigenvalue weighted by Crippen LogP contribution is -2.47. The number of rotatable bonds is 1. The second kappa shape index (κ2) is 4.84.